The molecule has 0 aliphatic heterocycles. The van der Waals surface area contributed by atoms with Gasteiger partial charge in [0.25, 0.3) is 0 Å². The minimum atomic E-state index is -0.160. The van der Waals surface area contributed by atoms with Crippen molar-refractivity contribution in [2.24, 2.45) is 10.8 Å². The van der Waals surface area contributed by atoms with Crippen molar-refractivity contribution in [3.05, 3.63) is 34.9 Å². The van der Waals surface area contributed by atoms with E-state index in [0.29, 0.717) is 13.0 Å². The van der Waals surface area contributed by atoms with Gasteiger partial charge in [0.05, 0.1) is 7.11 Å². The summed E-state index contributed by atoms with van der Waals surface area (Å²) in [5.74, 6) is -0.178. The Balaban J connectivity index is 3.09. The number of hydrogen-bond donors (Lipinski definition) is 1. The first-order valence-electron chi connectivity index (χ1n) is 9.34. The summed E-state index contributed by atoms with van der Waals surface area (Å²) in [5, 5.41) is 2.93. The molecule has 0 fully saturated rings. The van der Waals surface area contributed by atoms with Gasteiger partial charge in [0, 0.05) is 19.9 Å². The van der Waals surface area contributed by atoms with Crippen LogP contribution in [0, 0.1) is 10.8 Å². The summed E-state index contributed by atoms with van der Waals surface area (Å²) in [4.78, 5) is 22.9. The average molecular weight is 362 g/mol. The number of esters is 1. The van der Waals surface area contributed by atoms with Crippen LogP contribution in [0.2, 0.25) is 0 Å². The van der Waals surface area contributed by atoms with E-state index >= 15 is 0 Å². The van der Waals surface area contributed by atoms with E-state index < -0.39 is 0 Å². The van der Waals surface area contributed by atoms with Gasteiger partial charge in [0.2, 0.25) is 5.91 Å². The van der Waals surface area contributed by atoms with Gasteiger partial charge in [-0.2, -0.15) is 0 Å². The number of methoxy groups -OCH3 is 1. The van der Waals surface area contributed by atoms with E-state index in [1.165, 1.54) is 23.8 Å². The molecule has 0 aliphatic rings. The molecule has 0 aliphatic carbocycles. The van der Waals surface area contributed by atoms with Crippen molar-refractivity contribution in [1.29, 1.82) is 0 Å². The molecular weight excluding hydrogens is 326 g/mol. The third kappa shape index (κ3) is 8.03. The Kier molecular flexibility index (Phi) is 7.86. The van der Waals surface area contributed by atoms with E-state index in [0.717, 1.165) is 19.3 Å². The smallest absolute Gasteiger partial charge is 0.305 e. The maximum Gasteiger partial charge on any atom is 0.305 e. The van der Waals surface area contributed by atoms with E-state index in [2.05, 4.69) is 58.1 Å². The van der Waals surface area contributed by atoms with Crippen LogP contribution in [0.15, 0.2) is 18.2 Å². The zero-order valence-electron chi connectivity index (χ0n) is 17.5. The van der Waals surface area contributed by atoms with Crippen LogP contribution in [0.1, 0.15) is 71.1 Å². The number of benzene rings is 1. The molecule has 0 aromatic heterocycles. The number of hydrogen-bond acceptors (Lipinski definition) is 3. The first-order valence-corrected chi connectivity index (χ1v) is 9.34. The fourth-order valence-corrected chi connectivity index (χ4v) is 3.14. The SMILES string of the molecule is COC(=O)CCC(C)(C)Cc1cccc(CNC(C)=O)c1CC(C)(C)C. The molecule has 0 bridgehead atoms. The number of carbonyl (C=O) groups is 2. The molecule has 0 spiro atoms. The second-order valence-electron chi connectivity index (χ2n) is 9.12. The molecule has 4 nitrogen and oxygen atoms in total. The fourth-order valence-electron chi connectivity index (χ4n) is 3.14. The van der Waals surface area contributed by atoms with Crippen LogP contribution in [-0.2, 0) is 33.7 Å². The molecule has 146 valence electrons. The number of carbonyl (C=O) groups excluding carboxylic acids is 2. The molecule has 4 heteroatoms. The van der Waals surface area contributed by atoms with Crippen LogP contribution in [0.25, 0.3) is 0 Å². The minimum Gasteiger partial charge on any atom is -0.469 e. The zero-order chi connectivity index (χ0) is 20.0. The molecule has 0 saturated carbocycles. The lowest BCUT2D eigenvalue weighted by atomic mass is 9.77. The lowest BCUT2D eigenvalue weighted by molar-refractivity contribution is -0.141. The van der Waals surface area contributed by atoms with Gasteiger partial charge in [-0.05, 0) is 46.8 Å². The quantitative estimate of drug-likeness (QED) is 0.697. The van der Waals surface area contributed by atoms with Crippen molar-refractivity contribution >= 4 is 11.9 Å². The molecule has 1 rings (SSSR count). The summed E-state index contributed by atoms with van der Waals surface area (Å²) < 4.78 is 4.78. The summed E-state index contributed by atoms with van der Waals surface area (Å²) >= 11 is 0. The van der Waals surface area contributed by atoms with Crippen LogP contribution in [0.4, 0.5) is 0 Å². The molecule has 1 amide bonds. The van der Waals surface area contributed by atoms with Crippen molar-refractivity contribution in [1.82, 2.24) is 5.32 Å². The third-order valence-corrected chi connectivity index (χ3v) is 4.51. The molecule has 0 radical (unpaired) electrons. The standard InChI is InChI=1S/C22H35NO3/c1-16(24)23-15-18-10-8-9-17(19(18)14-21(2,3)4)13-22(5,6)12-11-20(25)26-7/h8-10H,11-15H2,1-7H3,(H,23,24). The highest BCUT2D eigenvalue weighted by Crippen LogP contribution is 2.33. The second kappa shape index (κ2) is 9.20. The van der Waals surface area contributed by atoms with Gasteiger partial charge >= 0.3 is 5.97 Å². The molecule has 0 heterocycles. The Morgan fingerprint density at radius 1 is 1.04 bits per heavy atom. The Hall–Kier alpha value is -1.84. The molecule has 1 N–H and O–H groups in total. The van der Waals surface area contributed by atoms with Crippen LogP contribution >= 0.6 is 0 Å². The summed E-state index contributed by atoms with van der Waals surface area (Å²) in [7, 11) is 1.43. The number of nitrogens with one attached hydrogen (secondary N) is 1. The third-order valence-electron chi connectivity index (χ3n) is 4.51. The van der Waals surface area contributed by atoms with Gasteiger partial charge in [0.1, 0.15) is 0 Å². The monoisotopic (exact) mass is 361 g/mol. The summed E-state index contributed by atoms with van der Waals surface area (Å²) in [5.41, 5.74) is 3.94. The van der Waals surface area contributed by atoms with Crippen molar-refractivity contribution in [3.8, 4) is 0 Å². The van der Waals surface area contributed by atoms with Crippen LogP contribution in [-0.4, -0.2) is 19.0 Å². The van der Waals surface area contributed by atoms with E-state index in [1.807, 2.05) is 0 Å². The Bertz CT molecular complexity index is 627. The molecule has 0 unspecified atom stereocenters. The first-order chi connectivity index (χ1) is 11.9. The maximum absolute atomic E-state index is 11.5. The average Bonchev–Trinajstić information content (AvgIpc) is 2.51. The molecule has 1 aromatic carbocycles. The van der Waals surface area contributed by atoms with Crippen LogP contribution in [0.3, 0.4) is 0 Å². The van der Waals surface area contributed by atoms with Crippen LogP contribution in [0.5, 0.6) is 0 Å². The molecule has 26 heavy (non-hydrogen) atoms. The van der Waals surface area contributed by atoms with Gasteiger partial charge in [-0.1, -0.05) is 52.8 Å². The summed E-state index contributed by atoms with van der Waals surface area (Å²) in [6, 6.07) is 6.34. The van der Waals surface area contributed by atoms with Crippen molar-refractivity contribution in [3.63, 3.8) is 0 Å². The highest BCUT2D eigenvalue weighted by Gasteiger charge is 2.24. The lowest BCUT2D eigenvalue weighted by Gasteiger charge is -2.29. The Morgan fingerprint density at radius 3 is 2.19 bits per heavy atom. The van der Waals surface area contributed by atoms with Gasteiger partial charge in [-0.3, -0.25) is 9.59 Å². The van der Waals surface area contributed by atoms with E-state index in [4.69, 9.17) is 4.74 Å². The van der Waals surface area contributed by atoms with E-state index in [1.54, 1.807) is 6.92 Å². The van der Waals surface area contributed by atoms with Crippen molar-refractivity contribution in [2.75, 3.05) is 7.11 Å². The zero-order valence-corrected chi connectivity index (χ0v) is 17.5. The van der Waals surface area contributed by atoms with Crippen LogP contribution < -0.4 is 5.32 Å². The summed E-state index contributed by atoms with van der Waals surface area (Å²) in [6.07, 6.45) is 3.06. The molecule has 1 aromatic rings. The Labute approximate surface area is 158 Å². The normalized spacial score (nSPS) is 12.0. The molecular formula is C22H35NO3. The van der Waals surface area contributed by atoms with Gasteiger partial charge in [-0.25, -0.2) is 0 Å². The van der Waals surface area contributed by atoms with E-state index in [9.17, 15) is 9.59 Å². The van der Waals surface area contributed by atoms with Gasteiger partial charge in [0.15, 0.2) is 0 Å². The highest BCUT2D eigenvalue weighted by molar-refractivity contribution is 5.72. The minimum absolute atomic E-state index is 0.00650. The molecule has 0 atom stereocenters. The number of amides is 1. The first kappa shape index (κ1) is 22.2. The topological polar surface area (TPSA) is 55.4 Å². The molecule has 0 saturated heterocycles. The predicted molar refractivity (Wildman–Crippen MR) is 106 cm³/mol. The van der Waals surface area contributed by atoms with Gasteiger partial charge in [-0.15, -0.1) is 0 Å². The maximum atomic E-state index is 11.5. The Morgan fingerprint density at radius 2 is 1.65 bits per heavy atom. The number of rotatable bonds is 8. The van der Waals surface area contributed by atoms with Crippen molar-refractivity contribution < 1.29 is 14.3 Å². The predicted octanol–water partition coefficient (Wildman–Crippen LogP) is 4.43. The summed E-state index contributed by atoms with van der Waals surface area (Å²) in [6.45, 7) is 13.2. The van der Waals surface area contributed by atoms with Crippen molar-refractivity contribution in [2.45, 2.75) is 73.8 Å². The fraction of sp³-hybridized carbons (Fsp3) is 0.636. The largest absolute Gasteiger partial charge is 0.469 e. The highest BCUT2D eigenvalue weighted by atomic mass is 16.5. The van der Waals surface area contributed by atoms with E-state index in [-0.39, 0.29) is 22.7 Å². The number of ether oxygens (including phenoxy) is 1. The second-order valence-corrected chi connectivity index (χ2v) is 9.12. The van der Waals surface area contributed by atoms with Gasteiger partial charge < -0.3 is 10.1 Å². The lowest BCUT2D eigenvalue weighted by Crippen LogP contribution is -2.23.